The van der Waals surface area contributed by atoms with Crippen molar-refractivity contribution < 1.29 is 14.3 Å². The van der Waals surface area contributed by atoms with E-state index in [9.17, 15) is 4.79 Å². The van der Waals surface area contributed by atoms with E-state index in [1.165, 1.54) is 11.3 Å². The minimum Gasteiger partial charge on any atom is -0.497 e. The molecule has 3 rings (SSSR count). The van der Waals surface area contributed by atoms with Crippen LogP contribution in [0.1, 0.15) is 17.0 Å². The molecule has 4 N–H and O–H groups in total. The topological polar surface area (TPSA) is 114 Å². The first-order valence-electron chi connectivity index (χ1n) is 10.6. The van der Waals surface area contributed by atoms with Crippen molar-refractivity contribution in [3.8, 4) is 5.75 Å². The molecule has 1 aliphatic rings. The summed E-state index contributed by atoms with van der Waals surface area (Å²) in [6.45, 7) is 9.61. The standard InChI is InChI=1S/C23H30N6O3S/c1-16-22(33-23(26-16)28-21(30)9-11-29-12-14-32-15-13-29)20(24)8-10-25-17(2)27-18-4-6-19(31-3)7-5-18/h4-8,10,27H,2,9,11-15,24H2,1,3H3,(H,26,28,30)/b20-8-,25-10?. The number of benzene rings is 1. The van der Waals surface area contributed by atoms with Crippen LogP contribution in [-0.2, 0) is 9.53 Å². The molecule has 1 aromatic carbocycles. The third kappa shape index (κ3) is 7.70. The molecule has 0 unspecified atom stereocenters. The first kappa shape index (κ1) is 24.4. The summed E-state index contributed by atoms with van der Waals surface area (Å²) in [6.07, 6.45) is 3.68. The van der Waals surface area contributed by atoms with Crippen LogP contribution in [0.15, 0.2) is 47.7 Å². The molecule has 1 aliphatic heterocycles. The number of anilines is 2. The van der Waals surface area contributed by atoms with E-state index in [0.29, 0.717) is 29.6 Å². The summed E-state index contributed by atoms with van der Waals surface area (Å²) in [6, 6.07) is 7.45. The van der Waals surface area contributed by atoms with Crippen molar-refractivity contribution in [1.29, 1.82) is 0 Å². The molecule has 0 radical (unpaired) electrons. The number of hydrogen-bond acceptors (Lipinski definition) is 9. The lowest BCUT2D eigenvalue weighted by Crippen LogP contribution is -2.38. The molecule has 10 heteroatoms. The van der Waals surface area contributed by atoms with Gasteiger partial charge in [0.25, 0.3) is 0 Å². The van der Waals surface area contributed by atoms with Gasteiger partial charge in [-0.1, -0.05) is 17.9 Å². The molecule has 9 nitrogen and oxygen atoms in total. The van der Waals surface area contributed by atoms with Crippen LogP contribution in [0.3, 0.4) is 0 Å². The minimum atomic E-state index is -0.0631. The van der Waals surface area contributed by atoms with E-state index < -0.39 is 0 Å². The Morgan fingerprint density at radius 2 is 2.06 bits per heavy atom. The van der Waals surface area contributed by atoms with Gasteiger partial charge in [0.1, 0.15) is 11.6 Å². The summed E-state index contributed by atoms with van der Waals surface area (Å²) in [4.78, 5) is 24.0. The highest BCUT2D eigenvalue weighted by molar-refractivity contribution is 7.16. The van der Waals surface area contributed by atoms with Crippen LogP contribution < -0.4 is 21.1 Å². The Morgan fingerprint density at radius 3 is 2.76 bits per heavy atom. The number of aryl methyl sites for hydroxylation is 1. The molecule has 0 saturated carbocycles. The van der Waals surface area contributed by atoms with Gasteiger partial charge in [0, 0.05) is 38.0 Å². The van der Waals surface area contributed by atoms with Crippen LogP contribution in [0.25, 0.3) is 5.70 Å². The second-order valence-electron chi connectivity index (χ2n) is 7.39. The van der Waals surface area contributed by atoms with Crippen LogP contribution in [0.5, 0.6) is 5.75 Å². The fourth-order valence-electron chi connectivity index (χ4n) is 3.14. The van der Waals surface area contributed by atoms with Gasteiger partial charge in [-0.25, -0.2) is 9.98 Å². The first-order valence-corrected chi connectivity index (χ1v) is 11.4. The maximum absolute atomic E-state index is 12.3. The summed E-state index contributed by atoms with van der Waals surface area (Å²) in [5, 5.41) is 6.50. The van der Waals surface area contributed by atoms with E-state index in [-0.39, 0.29) is 5.91 Å². The number of aromatic nitrogens is 1. The average Bonchev–Trinajstić information content (AvgIpc) is 3.18. The van der Waals surface area contributed by atoms with Crippen molar-refractivity contribution in [1.82, 2.24) is 9.88 Å². The number of ether oxygens (including phenoxy) is 2. The van der Waals surface area contributed by atoms with Gasteiger partial charge >= 0.3 is 0 Å². The smallest absolute Gasteiger partial charge is 0.227 e. The van der Waals surface area contributed by atoms with E-state index in [4.69, 9.17) is 15.2 Å². The Bertz CT molecular complexity index is 1010. The molecule has 1 amide bonds. The van der Waals surface area contributed by atoms with E-state index in [1.54, 1.807) is 19.4 Å². The molecule has 0 aliphatic carbocycles. The number of rotatable bonds is 10. The number of carbonyl (C=O) groups excluding carboxylic acids is 1. The number of methoxy groups -OCH3 is 1. The molecule has 33 heavy (non-hydrogen) atoms. The van der Waals surface area contributed by atoms with Crippen molar-refractivity contribution in [2.45, 2.75) is 13.3 Å². The largest absolute Gasteiger partial charge is 0.497 e. The number of nitrogens with zero attached hydrogens (tertiary/aromatic N) is 3. The Labute approximate surface area is 198 Å². The zero-order valence-corrected chi connectivity index (χ0v) is 19.8. The molecule has 2 heterocycles. The summed E-state index contributed by atoms with van der Waals surface area (Å²) >= 11 is 1.34. The third-order valence-corrected chi connectivity index (χ3v) is 6.05. The van der Waals surface area contributed by atoms with Gasteiger partial charge in [-0.3, -0.25) is 9.69 Å². The zero-order chi connectivity index (χ0) is 23.6. The monoisotopic (exact) mass is 470 g/mol. The maximum Gasteiger partial charge on any atom is 0.227 e. The molecule has 1 fully saturated rings. The number of thiazole rings is 1. The van der Waals surface area contributed by atoms with Gasteiger partial charge in [-0.15, -0.1) is 0 Å². The third-order valence-electron chi connectivity index (χ3n) is 4.93. The van der Waals surface area contributed by atoms with Gasteiger partial charge in [0.15, 0.2) is 5.13 Å². The molecule has 0 bridgehead atoms. The van der Waals surface area contributed by atoms with Crippen molar-refractivity contribution in [3.05, 3.63) is 53.3 Å². The van der Waals surface area contributed by atoms with Crippen molar-refractivity contribution >= 4 is 40.0 Å². The molecular weight excluding hydrogens is 440 g/mol. The average molecular weight is 471 g/mol. The minimum absolute atomic E-state index is 0.0631. The Kier molecular flexibility index (Phi) is 8.99. The van der Waals surface area contributed by atoms with Crippen LogP contribution in [0, 0.1) is 6.92 Å². The first-order chi connectivity index (χ1) is 15.9. The molecule has 2 aromatic rings. The number of amides is 1. The predicted octanol–water partition coefficient (Wildman–Crippen LogP) is 3.07. The summed E-state index contributed by atoms with van der Waals surface area (Å²) in [5.41, 5.74) is 8.33. The molecule has 1 saturated heterocycles. The quantitative estimate of drug-likeness (QED) is 0.457. The normalized spacial score (nSPS) is 14.9. The number of morpholine rings is 1. The fraction of sp³-hybridized carbons (Fsp3) is 0.348. The molecule has 176 valence electrons. The predicted molar refractivity (Wildman–Crippen MR) is 134 cm³/mol. The number of nitrogens with two attached hydrogens (primary N) is 1. The van der Waals surface area contributed by atoms with Gasteiger partial charge < -0.3 is 25.8 Å². The number of aliphatic imine (C=N–C) groups is 1. The number of allylic oxidation sites excluding steroid dienone is 1. The molecule has 0 atom stereocenters. The van der Waals surface area contributed by atoms with Gasteiger partial charge in [-0.2, -0.15) is 0 Å². The summed E-state index contributed by atoms with van der Waals surface area (Å²) in [5.74, 6) is 1.18. The molecule has 1 aromatic heterocycles. The summed E-state index contributed by atoms with van der Waals surface area (Å²) in [7, 11) is 1.62. The van der Waals surface area contributed by atoms with Crippen LogP contribution >= 0.6 is 11.3 Å². The lowest BCUT2D eigenvalue weighted by Gasteiger charge is -2.26. The van der Waals surface area contributed by atoms with Crippen LogP contribution in [0.2, 0.25) is 0 Å². The van der Waals surface area contributed by atoms with Gasteiger partial charge in [0.05, 0.1) is 36.6 Å². The summed E-state index contributed by atoms with van der Waals surface area (Å²) < 4.78 is 10.5. The fourth-order valence-corrected chi connectivity index (χ4v) is 4.06. The van der Waals surface area contributed by atoms with Crippen molar-refractivity contribution in [2.75, 3.05) is 50.6 Å². The lowest BCUT2D eigenvalue weighted by atomic mass is 10.3. The number of nitrogens with one attached hydrogen (secondary N) is 2. The van der Waals surface area contributed by atoms with Crippen molar-refractivity contribution in [3.63, 3.8) is 0 Å². The van der Waals surface area contributed by atoms with E-state index in [2.05, 4.69) is 32.1 Å². The highest BCUT2D eigenvalue weighted by atomic mass is 32.1. The highest BCUT2D eigenvalue weighted by Crippen LogP contribution is 2.26. The number of carbonyl (C=O) groups is 1. The lowest BCUT2D eigenvalue weighted by molar-refractivity contribution is -0.116. The number of hydrogen-bond donors (Lipinski definition) is 3. The van der Waals surface area contributed by atoms with Crippen LogP contribution in [0.4, 0.5) is 10.8 Å². The van der Waals surface area contributed by atoms with E-state index in [1.807, 2.05) is 31.2 Å². The van der Waals surface area contributed by atoms with Crippen molar-refractivity contribution in [2.24, 2.45) is 10.7 Å². The maximum atomic E-state index is 12.3. The molecule has 0 spiro atoms. The van der Waals surface area contributed by atoms with Crippen LogP contribution in [-0.4, -0.2) is 62.0 Å². The SMILES string of the molecule is C=C(N=C/C=C(\N)c1sc(NC(=O)CCN2CCOCC2)nc1C)Nc1ccc(OC)cc1. The Morgan fingerprint density at radius 1 is 1.33 bits per heavy atom. The Hall–Kier alpha value is -3.21. The van der Waals surface area contributed by atoms with E-state index >= 15 is 0 Å². The Balaban J connectivity index is 1.50. The van der Waals surface area contributed by atoms with E-state index in [0.717, 1.165) is 48.3 Å². The second kappa shape index (κ2) is 12.1. The van der Waals surface area contributed by atoms with Gasteiger partial charge in [-0.05, 0) is 37.3 Å². The zero-order valence-electron chi connectivity index (χ0n) is 19.0. The second-order valence-corrected chi connectivity index (χ2v) is 8.39. The van der Waals surface area contributed by atoms with Gasteiger partial charge in [0.2, 0.25) is 5.91 Å². The molecular formula is C23H30N6O3S. The highest BCUT2D eigenvalue weighted by Gasteiger charge is 2.14.